The zero-order valence-electron chi connectivity index (χ0n) is 15.5. The molecule has 3 aliphatic heterocycles. The van der Waals surface area contributed by atoms with Gasteiger partial charge in [0.15, 0.2) is 5.69 Å². The number of rotatable bonds is 3. The van der Waals surface area contributed by atoms with E-state index in [1.54, 1.807) is 12.1 Å². The van der Waals surface area contributed by atoms with Crippen molar-refractivity contribution in [2.24, 2.45) is 0 Å². The summed E-state index contributed by atoms with van der Waals surface area (Å²) >= 11 is 0. The number of carbonyl (C=O) groups is 1. The first-order valence-electron chi connectivity index (χ1n) is 9.68. The second-order valence-corrected chi connectivity index (χ2v) is 7.18. The third kappa shape index (κ3) is 2.72. The van der Waals surface area contributed by atoms with Crippen molar-refractivity contribution in [1.29, 1.82) is 0 Å². The van der Waals surface area contributed by atoms with Crippen LogP contribution in [0.3, 0.4) is 0 Å². The van der Waals surface area contributed by atoms with E-state index in [1.165, 1.54) is 0 Å². The summed E-state index contributed by atoms with van der Waals surface area (Å²) < 4.78 is 6.15. The van der Waals surface area contributed by atoms with Crippen molar-refractivity contribution in [2.45, 2.75) is 12.8 Å². The summed E-state index contributed by atoms with van der Waals surface area (Å²) in [5, 5.41) is 13.2. The van der Waals surface area contributed by atoms with E-state index in [1.807, 2.05) is 23.1 Å². The maximum absolute atomic E-state index is 13.2. The van der Waals surface area contributed by atoms with Crippen LogP contribution in [-0.2, 0) is 4.74 Å². The Morgan fingerprint density at radius 1 is 0.964 bits per heavy atom. The molecule has 28 heavy (non-hydrogen) atoms. The number of hydrogen-bond acceptors (Lipinski definition) is 7. The molecule has 0 saturated carbocycles. The molecule has 8 nitrogen and oxygen atoms in total. The van der Waals surface area contributed by atoms with E-state index < -0.39 is 0 Å². The van der Waals surface area contributed by atoms with Gasteiger partial charge in [-0.3, -0.25) is 4.79 Å². The van der Waals surface area contributed by atoms with E-state index in [2.05, 4.69) is 9.88 Å². The van der Waals surface area contributed by atoms with Crippen molar-refractivity contribution in [1.82, 2.24) is 9.97 Å². The number of anilines is 2. The van der Waals surface area contributed by atoms with Gasteiger partial charge >= 0.3 is 0 Å². The molecule has 2 saturated heterocycles. The predicted octanol–water partition coefficient (Wildman–Crippen LogP) is 1.74. The van der Waals surface area contributed by atoms with Gasteiger partial charge in [-0.25, -0.2) is 4.98 Å². The lowest BCUT2D eigenvalue weighted by Crippen LogP contribution is -2.38. The fourth-order valence-electron chi connectivity index (χ4n) is 3.99. The molecule has 0 radical (unpaired) electrons. The molecule has 0 atom stereocenters. The average molecular weight is 379 g/mol. The van der Waals surface area contributed by atoms with Crippen LogP contribution in [0.1, 0.15) is 28.9 Å². The number of hydrogen-bond donors (Lipinski definition) is 0. The molecule has 144 valence electrons. The standard InChI is InChI=1S/C20H21N5O3/c26-18-15-17(25(27)16(18)14-6-2-1-3-7-14)19(23-8-4-5-9-23)22-20(21-15)24-10-12-28-13-11-24/h1-3,6-7H,4-5,8-13H2. The Bertz CT molecular complexity index is 948. The summed E-state index contributed by atoms with van der Waals surface area (Å²) in [5.74, 6) is 0.729. The first kappa shape index (κ1) is 17.1. The van der Waals surface area contributed by atoms with E-state index in [0.717, 1.165) is 30.7 Å². The molecule has 4 heterocycles. The number of aromatic nitrogens is 2. The Labute approximate surface area is 162 Å². The second-order valence-electron chi connectivity index (χ2n) is 7.18. The van der Waals surface area contributed by atoms with Gasteiger partial charge in [-0.2, -0.15) is 9.72 Å². The number of morpholine rings is 1. The minimum atomic E-state index is -0.339. The molecule has 5 rings (SSSR count). The number of benzene rings is 1. The number of nitrogens with zero attached hydrogens (tertiary/aromatic N) is 5. The lowest BCUT2D eigenvalue weighted by Gasteiger charge is -2.28. The quantitative estimate of drug-likeness (QED) is 0.593. The topological polar surface area (TPSA) is 84.6 Å². The smallest absolute Gasteiger partial charge is 0.290 e. The molecule has 2 aromatic rings. The number of ether oxygens (including phenoxy) is 1. The third-order valence-electron chi connectivity index (χ3n) is 5.44. The van der Waals surface area contributed by atoms with Gasteiger partial charge in [-0.05, 0) is 25.0 Å². The Kier molecular flexibility index (Phi) is 4.20. The molecular formula is C20H21N5O3. The van der Waals surface area contributed by atoms with Crippen LogP contribution in [0.15, 0.2) is 30.3 Å². The van der Waals surface area contributed by atoms with Crippen LogP contribution in [0.4, 0.5) is 17.5 Å². The Hall–Kier alpha value is -3.00. The van der Waals surface area contributed by atoms with Gasteiger partial charge in [-0.1, -0.05) is 18.2 Å². The normalized spacial score (nSPS) is 19.5. The summed E-state index contributed by atoms with van der Waals surface area (Å²) in [6.45, 7) is 4.19. The maximum atomic E-state index is 13.2. The van der Waals surface area contributed by atoms with E-state index >= 15 is 0 Å². The van der Waals surface area contributed by atoms with Crippen LogP contribution in [0.5, 0.6) is 0 Å². The number of fused-ring (bicyclic) bond motifs is 1. The highest BCUT2D eigenvalue weighted by atomic mass is 16.5. The molecule has 0 N–H and O–H groups in total. The van der Waals surface area contributed by atoms with E-state index in [0.29, 0.717) is 43.6 Å². The first-order chi connectivity index (χ1) is 13.7. The van der Waals surface area contributed by atoms with Crippen LogP contribution in [0, 0.1) is 5.21 Å². The molecule has 0 bridgehead atoms. The summed E-state index contributed by atoms with van der Waals surface area (Å²) in [4.78, 5) is 26.6. The van der Waals surface area contributed by atoms with Gasteiger partial charge < -0.3 is 19.7 Å². The molecule has 1 aromatic carbocycles. The monoisotopic (exact) mass is 379 g/mol. The highest BCUT2D eigenvalue weighted by Gasteiger charge is 2.43. The van der Waals surface area contributed by atoms with Gasteiger partial charge in [0.2, 0.25) is 11.8 Å². The van der Waals surface area contributed by atoms with Crippen molar-refractivity contribution in [3.8, 4) is 0 Å². The molecular weight excluding hydrogens is 358 g/mol. The molecule has 0 aliphatic carbocycles. The third-order valence-corrected chi connectivity index (χ3v) is 5.44. The number of Topliss-reactive ketones (excluding diaryl/α,β-unsaturated/α-hetero) is 1. The van der Waals surface area contributed by atoms with Crippen LogP contribution >= 0.6 is 0 Å². The number of carbonyl (C=O) groups excluding carboxylic acids is 1. The second kappa shape index (κ2) is 6.87. The van der Waals surface area contributed by atoms with Gasteiger partial charge in [0, 0.05) is 26.2 Å². The van der Waals surface area contributed by atoms with Crippen molar-refractivity contribution in [3.63, 3.8) is 0 Å². The van der Waals surface area contributed by atoms with Gasteiger partial charge in [0.05, 0.1) is 18.8 Å². The minimum Gasteiger partial charge on any atom is -0.618 e. The zero-order chi connectivity index (χ0) is 19.1. The fraction of sp³-hybridized carbons (Fsp3) is 0.400. The van der Waals surface area contributed by atoms with Crippen LogP contribution in [0.25, 0.3) is 0 Å². The highest BCUT2D eigenvalue weighted by molar-refractivity contribution is 6.51. The van der Waals surface area contributed by atoms with Gasteiger partial charge in [0.1, 0.15) is 0 Å². The van der Waals surface area contributed by atoms with Crippen molar-refractivity contribution in [2.75, 3.05) is 49.2 Å². The largest absolute Gasteiger partial charge is 0.618 e. The Morgan fingerprint density at radius 2 is 1.68 bits per heavy atom. The van der Waals surface area contributed by atoms with E-state index in [4.69, 9.17) is 9.72 Å². The molecule has 1 aromatic heterocycles. The fourth-order valence-corrected chi connectivity index (χ4v) is 3.99. The molecule has 0 spiro atoms. The van der Waals surface area contributed by atoms with E-state index in [9.17, 15) is 10.0 Å². The lowest BCUT2D eigenvalue weighted by molar-refractivity contribution is -0.355. The first-order valence-corrected chi connectivity index (χ1v) is 9.68. The SMILES string of the molecule is O=C1C(c2ccccc2)=[N+]([O-])c2c1nc(N1CCOCC1)nc2N1CCCC1. The summed E-state index contributed by atoms with van der Waals surface area (Å²) in [7, 11) is 0. The summed E-state index contributed by atoms with van der Waals surface area (Å²) in [6, 6.07) is 9.04. The zero-order valence-corrected chi connectivity index (χ0v) is 15.5. The maximum Gasteiger partial charge on any atom is 0.290 e. The Balaban J connectivity index is 1.66. The lowest BCUT2D eigenvalue weighted by atomic mass is 10.1. The molecule has 0 unspecified atom stereocenters. The average Bonchev–Trinajstić information content (AvgIpc) is 3.36. The van der Waals surface area contributed by atoms with Gasteiger partial charge in [0.25, 0.3) is 17.2 Å². The minimum absolute atomic E-state index is 0.115. The summed E-state index contributed by atoms with van der Waals surface area (Å²) in [5.41, 5.74) is 1.19. The van der Waals surface area contributed by atoms with E-state index in [-0.39, 0.29) is 22.9 Å². The van der Waals surface area contributed by atoms with Crippen molar-refractivity contribution >= 4 is 28.9 Å². The Morgan fingerprint density at radius 3 is 2.39 bits per heavy atom. The predicted molar refractivity (Wildman–Crippen MR) is 105 cm³/mol. The van der Waals surface area contributed by atoms with Gasteiger partial charge in [-0.15, -0.1) is 0 Å². The molecule has 0 amide bonds. The van der Waals surface area contributed by atoms with Crippen molar-refractivity contribution in [3.05, 3.63) is 46.8 Å². The highest BCUT2D eigenvalue weighted by Crippen LogP contribution is 2.37. The number of ketones is 1. The van der Waals surface area contributed by atoms with Crippen LogP contribution in [0.2, 0.25) is 0 Å². The summed E-state index contributed by atoms with van der Waals surface area (Å²) in [6.07, 6.45) is 2.10. The molecule has 8 heteroatoms. The molecule has 3 aliphatic rings. The molecule has 2 fully saturated rings. The van der Waals surface area contributed by atoms with Crippen molar-refractivity contribution < 1.29 is 14.3 Å². The van der Waals surface area contributed by atoms with Crippen LogP contribution in [-0.4, -0.2) is 65.6 Å². The van der Waals surface area contributed by atoms with Crippen LogP contribution < -0.4 is 9.80 Å².